The highest BCUT2D eigenvalue weighted by molar-refractivity contribution is 7.57. The number of hydrogen-bond acceptors (Lipinski definition) is 0. The van der Waals surface area contributed by atoms with Gasteiger partial charge >= 0.3 is 0 Å². The Labute approximate surface area is 99.0 Å². The van der Waals surface area contributed by atoms with Crippen molar-refractivity contribution in [2.24, 2.45) is 11.8 Å². The molecule has 0 radical (unpaired) electrons. The van der Waals surface area contributed by atoms with Crippen molar-refractivity contribution in [3.05, 3.63) is 0 Å². The summed E-state index contributed by atoms with van der Waals surface area (Å²) in [6, 6.07) is 0. The van der Waals surface area contributed by atoms with Gasteiger partial charge in [-0.25, -0.2) is 0 Å². The summed E-state index contributed by atoms with van der Waals surface area (Å²) in [6.07, 6.45) is 10.3. The molecule has 0 aliphatic rings. The van der Waals surface area contributed by atoms with Gasteiger partial charge in [0.2, 0.25) is 0 Å². The van der Waals surface area contributed by atoms with Gasteiger partial charge < -0.3 is 0 Å². The Kier molecular flexibility index (Phi) is 9.92. The van der Waals surface area contributed by atoms with Gasteiger partial charge in [-0.1, -0.05) is 53.9 Å². The molecule has 15 heavy (non-hydrogen) atoms. The maximum absolute atomic E-state index is 2.38. The monoisotopic (exact) mass is 230 g/mol. The quantitative estimate of drug-likeness (QED) is 0.369. The first-order valence-electron chi connectivity index (χ1n) is 6.78. The second-order valence-electron chi connectivity index (χ2n) is 5.61. The van der Waals surface area contributed by atoms with Crippen molar-refractivity contribution in [1.82, 2.24) is 0 Å². The molecular weight excluding hydrogens is 199 g/mol. The molecule has 0 spiro atoms. The van der Waals surface area contributed by atoms with Gasteiger partial charge in [0.05, 0.1) is 0 Å². The van der Waals surface area contributed by atoms with Crippen LogP contribution in [0.15, 0.2) is 0 Å². The minimum atomic E-state index is 0.344. The highest BCUT2D eigenvalue weighted by atomic mass is 31.1. The van der Waals surface area contributed by atoms with Crippen LogP contribution in [-0.2, 0) is 0 Å². The summed E-state index contributed by atoms with van der Waals surface area (Å²) >= 11 is 0. The zero-order chi connectivity index (χ0) is 11.7. The minimum absolute atomic E-state index is 0.344. The first-order valence-corrected chi connectivity index (χ1v) is 8.68. The number of unbranched alkanes of at least 4 members (excludes halogenated alkanes) is 3. The molecule has 1 heteroatoms. The van der Waals surface area contributed by atoms with Crippen molar-refractivity contribution < 1.29 is 0 Å². The Hall–Kier alpha value is 0.430. The van der Waals surface area contributed by atoms with Crippen LogP contribution in [0.5, 0.6) is 0 Å². The van der Waals surface area contributed by atoms with Crippen molar-refractivity contribution in [2.45, 2.75) is 60.3 Å². The van der Waals surface area contributed by atoms with Crippen molar-refractivity contribution >= 4 is 7.92 Å². The standard InChI is InChI=1S/C14H31P/c1-6-7-8-9-10-15(11-13(2)3)12-14(4)5/h13-14H,6-12H2,1-5H3. The first kappa shape index (κ1) is 15.4. The van der Waals surface area contributed by atoms with Crippen LogP contribution < -0.4 is 0 Å². The summed E-state index contributed by atoms with van der Waals surface area (Å²) in [5, 5.41) is 0. The summed E-state index contributed by atoms with van der Waals surface area (Å²) in [5.41, 5.74) is 0. The maximum Gasteiger partial charge on any atom is -0.0303 e. The average molecular weight is 230 g/mol. The van der Waals surface area contributed by atoms with Gasteiger partial charge in [0.15, 0.2) is 0 Å². The average Bonchev–Trinajstić information content (AvgIpc) is 2.10. The zero-order valence-electron chi connectivity index (χ0n) is 11.6. The molecule has 0 aromatic heterocycles. The summed E-state index contributed by atoms with van der Waals surface area (Å²) < 4.78 is 0. The largest absolute Gasteiger partial charge is 0.106 e. The number of hydrogen-bond donors (Lipinski definition) is 0. The molecule has 0 fully saturated rings. The molecule has 0 heterocycles. The Morgan fingerprint density at radius 1 is 0.800 bits per heavy atom. The molecule has 0 nitrogen and oxygen atoms in total. The van der Waals surface area contributed by atoms with Crippen molar-refractivity contribution in [2.75, 3.05) is 18.5 Å². The van der Waals surface area contributed by atoms with E-state index in [0.717, 1.165) is 11.8 Å². The third kappa shape index (κ3) is 10.7. The fourth-order valence-corrected chi connectivity index (χ4v) is 5.30. The molecule has 0 aliphatic carbocycles. The van der Waals surface area contributed by atoms with Gasteiger partial charge in [-0.05, 0) is 36.7 Å². The summed E-state index contributed by atoms with van der Waals surface area (Å²) in [6.45, 7) is 11.8. The molecule has 92 valence electrons. The van der Waals surface area contributed by atoms with E-state index in [1.54, 1.807) is 0 Å². The fourth-order valence-electron chi connectivity index (χ4n) is 2.05. The Morgan fingerprint density at radius 2 is 1.33 bits per heavy atom. The van der Waals surface area contributed by atoms with Crippen LogP contribution in [0, 0.1) is 11.8 Å². The van der Waals surface area contributed by atoms with Crippen LogP contribution in [0.2, 0.25) is 0 Å². The summed E-state index contributed by atoms with van der Waals surface area (Å²) in [5.74, 6) is 1.81. The molecule has 0 aliphatic heterocycles. The molecule has 0 bridgehead atoms. The van der Waals surface area contributed by atoms with Crippen LogP contribution >= 0.6 is 7.92 Å². The summed E-state index contributed by atoms with van der Waals surface area (Å²) in [7, 11) is 0.344. The maximum atomic E-state index is 2.38. The predicted molar refractivity (Wildman–Crippen MR) is 75.3 cm³/mol. The fraction of sp³-hybridized carbons (Fsp3) is 1.00. The normalized spacial score (nSPS) is 12.0. The highest BCUT2D eigenvalue weighted by Gasteiger charge is 2.11. The van der Waals surface area contributed by atoms with Crippen LogP contribution in [-0.4, -0.2) is 18.5 Å². The third-order valence-electron chi connectivity index (χ3n) is 2.57. The molecule has 0 saturated heterocycles. The lowest BCUT2D eigenvalue weighted by Gasteiger charge is -2.21. The Bertz CT molecular complexity index is 119. The Balaban J connectivity index is 3.69. The molecule has 0 aromatic carbocycles. The highest BCUT2D eigenvalue weighted by Crippen LogP contribution is 2.40. The topological polar surface area (TPSA) is 0 Å². The van der Waals surface area contributed by atoms with Gasteiger partial charge in [-0.3, -0.25) is 0 Å². The molecule has 0 N–H and O–H groups in total. The lowest BCUT2D eigenvalue weighted by Crippen LogP contribution is -2.05. The van der Waals surface area contributed by atoms with Crippen molar-refractivity contribution in [3.8, 4) is 0 Å². The molecule has 0 atom stereocenters. The van der Waals surface area contributed by atoms with Crippen molar-refractivity contribution in [3.63, 3.8) is 0 Å². The van der Waals surface area contributed by atoms with Crippen molar-refractivity contribution in [1.29, 1.82) is 0 Å². The van der Waals surface area contributed by atoms with E-state index in [0.29, 0.717) is 7.92 Å². The van der Waals surface area contributed by atoms with Gasteiger partial charge in [-0.15, -0.1) is 7.92 Å². The zero-order valence-corrected chi connectivity index (χ0v) is 12.4. The van der Waals surface area contributed by atoms with Crippen LogP contribution in [0.4, 0.5) is 0 Å². The first-order chi connectivity index (χ1) is 7.06. The van der Waals surface area contributed by atoms with Gasteiger partial charge in [0.25, 0.3) is 0 Å². The smallest absolute Gasteiger partial charge is 0.0303 e. The van der Waals surface area contributed by atoms with Crippen LogP contribution in [0.3, 0.4) is 0 Å². The predicted octanol–water partition coefficient (Wildman–Crippen LogP) is 5.36. The molecule has 0 aromatic rings. The van der Waals surface area contributed by atoms with Gasteiger partial charge in [0.1, 0.15) is 0 Å². The second-order valence-corrected chi connectivity index (χ2v) is 8.13. The van der Waals surface area contributed by atoms with Crippen LogP contribution in [0.25, 0.3) is 0 Å². The summed E-state index contributed by atoms with van der Waals surface area (Å²) in [4.78, 5) is 0. The Morgan fingerprint density at radius 3 is 1.73 bits per heavy atom. The van der Waals surface area contributed by atoms with E-state index < -0.39 is 0 Å². The lowest BCUT2D eigenvalue weighted by molar-refractivity contribution is 0.690. The lowest BCUT2D eigenvalue weighted by atomic mass is 10.2. The minimum Gasteiger partial charge on any atom is -0.106 e. The second kappa shape index (κ2) is 9.64. The van der Waals surface area contributed by atoms with Gasteiger partial charge in [0, 0.05) is 0 Å². The van der Waals surface area contributed by atoms with E-state index in [2.05, 4.69) is 34.6 Å². The van der Waals surface area contributed by atoms with E-state index >= 15 is 0 Å². The van der Waals surface area contributed by atoms with E-state index in [4.69, 9.17) is 0 Å². The van der Waals surface area contributed by atoms with E-state index in [9.17, 15) is 0 Å². The van der Waals surface area contributed by atoms with E-state index in [1.165, 1.54) is 44.2 Å². The van der Waals surface area contributed by atoms with Crippen LogP contribution in [0.1, 0.15) is 60.3 Å². The molecule has 0 saturated carbocycles. The molecule has 0 unspecified atom stereocenters. The SMILES string of the molecule is CCCCCCP(CC(C)C)CC(C)C. The third-order valence-corrected chi connectivity index (χ3v) is 6.02. The molecule has 0 rings (SSSR count). The number of rotatable bonds is 9. The van der Waals surface area contributed by atoms with Gasteiger partial charge in [-0.2, -0.15) is 0 Å². The molecule has 0 amide bonds. The van der Waals surface area contributed by atoms with E-state index in [1.807, 2.05) is 0 Å². The van der Waals surface area contributed by atoms with E-state index in [-0.39, 0.29) is 0 Å². The molecular formula is C14H31P.